The number of H-pyrrole nitrogens is 1. The molecule has 1 saturated heterocycles. The molecule has 13 N–H and O–H groups in total. The Labute approximate surface area is 334 Å². The van der Waals surface area contributed by atoms with Gasteiger partial charge in [0.2, 0.25) is 17.7 Å². The molecule has 5 amide bonds. The first kappa shape index (κ1) is 44.8. The van der Waals surface area contributed by atoms with Gasteiger partial charge in [-0.1, -0.05) is 24.3 Å². The lowest BCUT2D eigenvalue weighted by atomic mass is 10.1. The van der Waals surface area contributed by atoms with Crippen molar-refractivity contribution < 1.29 is 54.2 Å². The minimum Gasteiger partial charge on any atom is -0.508 e. The molecule has 1 aliphatic heterocycles. The average Bonchev–Trinajstić information content (AvgIpc) is 3.46. The zero-order valence-electron chi connectivity index (χ0n) is 31.1. The maximum Gasteiger partial charge on any atom is 0.330 e. The zero-order valence-corrected chi connectivity index (χ0v) is 31.9. The number of aliphatic hydroxyl groups excluding tert-OH is 2. The molecule has 0 unspecified atom stereocenters. The van der Waals surface area contributed by atoms with E-state index in [1.54, 1.807) is 18.4 Å². The molecule has 8 atom stereocenters. The molecule has 2 aromatic carbocycles. The van der Waals surface area contributed by atoms with Gasteiger partial charge in [-0.2, -0.15) is 11.8 Å². The Morgan fingerprint density at radius 2 is 1.41 bits per heavy atom. The highest BCUT2D eigenvalue weighted by molar-refractivity contribution is 7.98. The number of hydrogen-bond donors (Lipinski definition) is 12. The van der Waals surface area contributed by atoms with Gasteiger partial charge < -0.3 is 62.6 Å². The van der Waals surface area contributed by atoms with Crippen LogP contribution in [0.3, 0.4) is 0 Å². The molecular weight excluding hydrogens is 785 g/mol. The first-order valence-electron chi connectivity index (χ1n) is 17.8. The number of aromatic hydroxyl groups is 2. The summed E-state index contributed by atoms with van der Waals surface area (Å²) in [7, 11) is 0. The Bertz CT molecular complexity index is 2010. The number of nitrogens with zero attached hydrogens (tertiary/aromatic N) is 1. The SMILES string of the molecule is CSCC[C@@H](NC(=O)N[C@H](Cc1ccc(O)cc1)C(=O)O)C(=O)N[C@H](CNC(=O)[C@@H](N)Cc1ccc(O)cc1)C(=O)NC[C@H]1O[C@@H](n2ccc(=O)[nH]c2=O)[C@H](O)[C@@H]1O. The van der Waals surface area contributed by atoms with E-state index in [1.165, 1.54) is 48.2 Å². The van der Waals surface area contributed by atoms with Gasteiger partial charge in [-0.25, -0.2) is 14.4 Å². The van der Waals surface area contributed by atoms with Gasteiger partial charge in [-0.15, -0.1) is 0 Å². The lowest BCUT2D eigenvalue weighted by Crippen LogP contribution is -2.60. The van der Waals surface area contributed by atoms with Crippen molar-refractivity contribution in [2.24, 2.45) is 5.73 Å². The van der Waals surface area contributed by atoms with E-state index in [4.69, 9.17) is 10.5 Å². The molecule has 3 aromatic rings. The molecule has 1 fully saturated rings. The van der Waals surface area contributed by atoms with Crippen LogP contribution in [0.5, 0.6) is 11.5 Å². The summed E-state index contributed by atoms with van der Waals surface area (Å²) >= 11 is 1.34. The van der Waals surface area contributed by atoms with E-state index < -0.39 is 103 Å². The van der Waals surface area contributed by atoms with Crippen molar-refractivity contribution in [3.05, 3.63) is 92.8 Å². The predicted molar refractivity (Wildman–Crippen MR) is 207 cm³/mol. The van der Waals surface area contributed by atoms with Gasteiger partial charge in [0.15, 0.2) is 6.23 Å². The summed E-state index contributed by atoms with van der Waals surface area (Å²) in [5, 5.41) is 62.4. The standard InChI is InChI=1S/C36H46N8O13S/c1-58-13-11-23(41-35(55)42-24(34(53)54)15-19-4-8-21(46)9-5-19)32(52)40-25(16-38-30(50)22(37)14-18-2-6-20(45)7-3-18)31(51)39-17-26-28(48)29(49)33(57-26)44-12-10-27(47)43-36(44)56/h2-10,12,22-26,28-29,33,45-46,48-49H,11,13-17,37H2,1H3,(H,38,50)(H,39,51)(H,40,52)(H,53,54)(H2,41,42,55)(H,43,47,56)/t22-,23+,24+,25+,26+,28+,29+,33+/m0/s1. The minimum atomic E-state index is -1.66. The number of urea groups is 1. The summed E-state index contributed by atoms with van der Waals surface area (Å²) in [5.41, 5.74) is 5.57. The molecule has 21 nitrogen and oxygen atoms in total. The highest BCUT2D eigenvalue weighted by Gasteiger charge is 2.44. The fourth-order valence-electron chi connectivity index (χ4n) is 5.80. The third-order valence-electron chi connectivity index (χ3n) is 8.99. The summed E-state index contributed by atoms with van der Waals surface area (Å²) in [6.07, 6.45) is -3.30. The number of thioether (sulfide) groups is 1. The third kappa shape index (κ3) is 12.8. The fourth-order valence-corrected chi connectivity index (χ4v) is 6.28. The van der Waals surface area contributed by atoms with Crippen molar-refractivity contribution in [1.29, 1.82) is 0 Å². The molecule has 58 heavy (non-hydrogen) atoms. The monoisotopic (exact) mass is 830 g/mol. The van der Waals surface area contributed by atoms with Gasteiger partial charge in [0.05, 0.1) is 6.04 Å². The highest BCUT2D eigenvalue weighted by Crippen LogP contribution is 2.28. The molecule has 0 aliphatic carbocycles. The second-order valence-electron chi connectivity index (χ2n) is 13.3. The normalized spacial score (nSPS) is 19.5. The molecule has 2 heterocycles. The number of nitrogens with one attached hydrogen (secondary N) is 6. The average molecular weight is 831 g/mol. The maximum atomic E-state index is 13.7. The van der Waals surface area contributed by atoms with Crippen LogP contribution in [0.4, 0.5) is 4.79 Å². The van der Waals surface area contributed by atoms with E-state index in [0.717, 1.165) is 16.8 Å². The number of amides is 5. The number of carboxylic acid groups (broad SMARTS) is 1. The number of carbonyl (C=O) groups is 5. The van der Waals surface area contributed by atoms with Crippen molar-refractivity contribution in [2.75, 3.05) is 25.1 Å². The van der Waals surface area contributed by atoms with E-state index in [-0.39, 0.29) is 30.8 Å². The molecule has 0 spiro atoms. The number of aliphatic carboxylic acids is 1. The number of hydrogen-bond acceptors (Lipinski definition) is 14. The number of aromatic amines is 1. The van der Waals surface area contributed by atoms with Gasteiger partial charge in [-0.3, -0.25) is 28.7 Å². The number of aliphatic hydroxyl groups is 2. The minimum absolute atomic E-state index is 0.0100. The summed E-state index contributed by atoms with van der Waals surface area (Å²) in [6.45, 7) is -0.999. The molecule has 22 heteroatoms. The molecule has 1 aromatic heterocycles. The van der Waals surface area contributed by atoms with E-state index >= 15 is 0 Å². The third-order valence-corrected chi connectivity index (χ3v) is 9.64. The van der Waals surface area contributed by atoms with Crippen LogP contribution in [-0.2, 0) is 36.8 Å². The molecule has 0 saturated carbocycles. The topological polar surface area (TPSA) is 337 Å². The Kier molecular flexibility index (Phi) is 16.2. The van der Waals surface area contributed by atoms with E-state index in [0.29, 0.717) is 16.9 Å². The molecule has 0 radical (unpaired) electrons. The van der Waals surface area contributed by atoms with Gasteiger partial charge in [0.25, 0.3) is 5.56 Å². The zero-order chi connectivity index (χ0) is 42.5. The summed E-state index contributed by atoms with van der Waals surface area (Å²) in [4.78, 5) is 91.2. The van der Waals surface area contributed by atoms with Crippen molar-refractivity contribution in [3.63, 3.8) is 0 Å². The van der Waals surface area contributed by atoms with Crippen molar-refractivity contribution in [2.45, 2.75) is 68.0 Å². The number of aromatic nitrogens is 2. The van der Waals surface area contributed by atoms with Crippen LogP contribution in [0.1, 0.15) is 23.8 Å². The van der Waals surface area contributed by atoms with Crippen molar-refractivity contribution in [3.8, 4) is 11.5 Å². The first-order chi connectivity index (χ1) is 27.6. The van der Waals surface area contributed by atoms with Crippen molar-refractivity contribution in [1.82, 2.24) is 36.1 Å². The Morgan fingerprint density at radius 3 is 2.00 bits per heavy atom. The van der Waals surface area contributed by atoms with Gasteiger partial charge in [0.1, 0.15) is 47.9 Å². The van der Waals surface area contributed by atoms with Gasteiger partial charge >= 0.3 is 17.7 Å². The van der Waals surface area contributed by atoms with Crippen LogP contribution in [0, 0.1) is 0 Å². The first-order valence-corrected chi connectivity index (χ1v) is 19.2. The number of ether oxygens (including phenoxy) is 1. The van der Waals surface area contributed by atoms with Crippen molar-refractivity contribution >= 4 is 41.5 Å². The lowest BCUT2D eigenvalue weighted by molar-refractivity contribution is -0.139. The Balaban J connectivity index is 1.47. The van der Waals surface area contributed by atoms with E-state index in [2.05, 4.69) is 26.6 Å². The quantitative estimate of drug-likeness (QED) is 0.0572. The largest absolute Gasteiger partial charge is 0.508 e. The van der Waals surface area contributed by atoms with Crippen LogP contribution in [-0.4, -0.2) is 132 Å². The molecule has 1 aliphatic rings. The number of phenolic OH excluding ortho intramolecular Hbond substituents is 2. The highest BCUT2D eigenvalue weighted by atomic mass is 32.2. The smallest absolute Gasteiger partial charge is 0.330 e. The van der Waals surface area contributed by atoms with Gasteiger partial charge in [0, 0.05) is 31.8 Å². The fraction of sp³-hybridized carbons (Fsp3) is 0.417. The van der Waals surface area contributed by atoms with Crippen LogP contribution in [0.15, 0.2) is 70.4 Å². The molecule has 4 rings (SSSR count). The summed E-state index contributed by atoms with van der Waals surface area (Å²) in [5.74, 6) is -3.57. The number of benzene rings is 2. The number of carboxylic acids is 1. The maximum absolute atomic E-state index is 13.7. The van der Waals surface area contributed by atoms with E-state index in [1.807, 2.05) is 4.98 Å². The summed E-state index contributed by atoms with van der Waals surface area (Å²) in [6, 6.07) is 6.24. The molecular formula is C36H46N8O13S. The second-order valence-corrected chi connectivity index (χ2v) is 14.3. The number of phenols is 2. The van der Waals surface area contributed by atoms with Crippen LogP contribution >= 0.6 is 11.8 Å². The van der Waals surface area contributed by atoms with Crippen LogP contribution in [0.2, 0.25) is 0 Å². The molecule has 0 bridgehead atoms. The van der Waals surface area contributed by atoms with Crippen LogP contribution < -0.4 is 43.6 Å². The van der Waals surface area contributed by atoms with Gasteiger partial charge in [-0.05, 0) is 60.2 Å². The van der Waals surface area contributed by atoms with Crippen LogP contribution in [0.25, 0.3) is 0 Å². The Hall–Kier alpha value is -5.94. The predicted octanol–water partition coefficient (Wildman–Crippen LogP) is -3.03. The number of rotatable bonds is 19. The van der Waals surface area contributed by atoms with E-state index in [9.17, 15) is 59.1 Å². The Morgan fingerprint density at radius 1 is 0.810 bits per heavy atom. The summed E-state index contributed by atoms with van der Waals surface area (Å²) < 4.78 is 6.49. The number of carbonyl (C=O) groups excluding carboxylic acids is 4. The molecule has 314 valence electrons. The second kappa shape index (κ2) is 21.0. The number of nitrogens with two attached hydrogens (primary N) is 1. The lowest BCUT2D eigenvalue weighted by Gasteiger charge is -2.25.